The molecule has 1 aliphatic rings. The topological polar surface area (TPSA) is 128 Å². The van der Waals surface area contributed by atoms with E-state index in [0.717, 1.165) is 12.7 Å². The van der Waals surface area contributed by atoms with Crippen LogP contribution in [0, 0.1) is 0 Å². The summed E-state index contributed by atoms with van der Waals surface area (Å²) in [5.74, 6) is -3.28. The molecule has 0 bridgehead atoms. The number of hydrogen-bond donors (Lipinski definition) is 1. The van der Waals surface area contributed by atoms with Gasteiger partial charge < -0.3 is 19.6 Å². The van der Waals surface area contributed by atoms with Crippen LogP contribution < -0.4 is 5.32 Å². The molecule has 1 aromatic carbocycles. The largest absolute Gasteiger partial charge is 0.467 e. The third-order valence-electron chi connectivity index (χ3n) is 3.56. The second-order valence-electron chi connectivity index (χ2n) is 5.53. The highest BCUT2D eigenvalue weighted by atomic mass is 16.7. The molecule has 0 saturated carbocycles. The minimum atomic E-state index is -1.40. The van der Waals surface area contributed by atoms with E-state index in [-0.39, 0.29) is 19.4 Å². The first-order valence-electron chi connectivity index (χ1n) is 8.02. The van der Waals surface area contributed by atoms with Gasteiger partial charge in [-0.1, -0.05) is 30.3 Å². The van der Waals surface area contributed by atoms with Gasteiger partial charge in [-0.05, 0) is 5.56 Å². The molecule has 27 heavy (non-hydrogen) atoms. The first-order chi connectivity index (χ1) is 12.9. The van der Waals surface area contributed by atoms with Gasteiger partial charge in [-0.3, -0.25) is 9.59 Å². The summed E-state index contributed by atoms with van der Waals surface area (Å²) >= 11 is 0. The summed E-state index contributed by atoms with van der Waals surface area (Å²) in [5, 5.41) is 2.54. The smallest absolute Gasteiger partial charge is 0.408 e. The Morgan fingerprint density at radius 3 is 2.33 bits per heavy atom. The van der Waals surface area contributed by atoms with E-state index in [0.29, 0.717) is 5.06 Å². The zero-order chi connectivity index (χ0) is 19.8. The second-order valence-corrected chi connectivity index (χ2v) is 5.53. The van der Waals surface area contributed by atoms with Gasteiger partial charge in [-0.2, -0.15) is 0 Å². The van der Waals surface area contributed by atoms with Gasteiger partial charge in [-0.15, -0.1) is 5.06 Å². The van der Waals surface area contributed by atoms with Crippen molar-refractivity contribution >= 4 is 29.8 Å². The highest BCUT2D eigenvalue weighted by molar-refractivity contribution is 6.01. The van der Waals surface area contributed by atoms with Gasteiger partial charge in [0.05, 0.1) is 13.5 Å². The van der Waals surface area contributed by atoms with Crippen molar-refractivity contribution in [2.24, 2.45) is 0 Å². The summed E-state index contributed by atoms with van der Waals surface area (Å²) in [7, 11) is 1.07. The van der Waals surface area contributed by atoms with Gasteiger partial charge in [0.1, 0.15) is 12.6 Å². The van der Waals surface area contributed by atoms with Gasteiger partial charge in [0.15, 0.2) is 0 Å². The number of imide groups is 1. The number of amides is 3. The Labute approximate surface area is 154 Å². The van der Waals surface area contributed by atoms with Crippen LogP contribution in [0.5, 0.6) is 0 Å². The molecule has 1 aromatic rings. The fourth-order valence-corrected chi connectivity index (χ4v) is 2.21. The number of alkyl carbamates (subject to hydrolysis) is 1. The van der Waals surface area contributed by atoms with Crippen molar-refractivity contribution in [2.45, 2.75) is 31.9 Å². The Hall–Kier alpha value is -3.43. The lowest BCUT2D eigenvalue weighted by atomic mass is 10.2. The Morgan fingerprint density at radius 2 is 1.74 bits per heavy atom. The molecule has 1 aliphatic heterocycles. The van der Waals surface area contributed by atoms with Crippen LogP contribution in [-0.2, 0) is 40.1 Å². The van der Waals surface area contributed by atoms with Gasteiger partial charge in [-0.25, -0.2) is 14.4 Å². The Kier molecular flexibility index (Phi) is 6.86. The molecule has 1 heterocycles. The Morgan fingerprint density at radius 1 is 1.11 bits per heavy atom. The average molecular weight is 378 g/mol. The molecule has 1 fully saturated rings. The van der Waals surface area contributed by atoms with Gasteiger partial charge in [0.25, 0.3) is 11.8 Å². The van der Waals surface area contributed by atoms with Crippen LogP contribution >= 0.6 is 0 Å². The van der Waals surface area contributed by atoms with Gasteiger partial charge in [0, 0.05) is 12.8 Å². The average Bonchev–Trinajstić information content (AvgIpc) is 2.98. The first kappa shape index (κ1) is 19.9. The van der Waals surface area contributed by atoms with Crippen molar-refractivity contribution in [3.05, 3.63) is 35.9 Å². The highest BCUT2D eigenvalue weighted by Gasteiger charge is 2.34. The number of nitrogens with zero attached hydrogens (tertiary/aromatic N) is 1. The quantitative estimate of drug-likeness (QED) is 0.535. The molecule has 144 valence electrons. The molecule has 0 radical (unpaired) electrons. The summed E-state index contributed by atoms with van der Waals surface area (Å²) in [6, 6.07) is 7.42. The van der Waals surface area contributed by atoms with Crippen LogP contribution in [0.15, 0.2) is 30.3 Å². The number of rotatable bonds is 7. The van der Waals surface area contributed by atoms with Crippen molar-refractivity contribution in [1.29, 1.82) is 0 Å². The minimum absolute atomic E-state index is 0.0399. The third-order valence-corrected chi connectivity index (χ3v) is 3.56. The van der Waals surface area contributed by atoms with Crippen LogP contribution in [0.4, 0.5) is 4.79 Å². The number of hydrogen-bond acceptors (Lipinski definition) is 8. The zero-order valence-electron chi connectivity index (χ0n) is 14.5. The Balaban J connectivity index is 1.89. The first-order valence-corrected chi connectivity index (χ1v) is 8.02. The number of hydroxylamine groups is 2. The number of ether oxygens (including phenoxy) is 2. The number of carbonyl (C=O) groups is 5. The van der Waals surface area contributed by atoms with Crippen LogP contribution in [0.3, 0.4) is 0 Å². The van der Waals surface area contributed by atoms with E-state index in [1.807, 2.05) is 0 Å². The molecular weight excluding hydrogens is 360 g/mol. The summed E-state index contributed by atoms with van der Waals surface area (Å²) in [6.45, 7) is -0.0399. The third kappa shape index (κ3) is 5.80. The molecule has 10 heteroatoms. The molecule has 1 N–H and O–H groups in total. The van der Waals surface area contributed by atoms with Crippen molar-refractivity contribution in [3.8, 4) is 0 Å². The summed E-state index contributed by atoms with van der Waals surface area (Å²) in [5.41, 5.74) is 0.729. The molecule has 1 saturated heterocycles. The molecule has 1 atom stereocenters. The number of esters is 1. The van der Waals surface area contributed by atoms with Crippen LogP contribution in [-0.4, -0.2) is 48.1 Å². The molecule has 0 aromatic heterocycles. The van der Waals surface area contributed by atoms with E-state index >= 15 is 0 Å². The molecule has 10 nitrogen and oxygen atoms in total. The summed E-state index contributed by atoms with van der Waals surface area (Å²) in [4.78, 5) is 63.1. The minimum Gasteiger partial charge on any atom is -0.467 e. The zero-order valence-corrected chi connectivity index (χ0v) is 14.5. The van der Waals surface area contributed by atoms with E-state index < -0.39 is 42.3 Å². The molecule has 3 amide bonds. The van der Waals surface area contributed by atoms with Crippen LogP contribution in [0.25, 0.3) is 0 Å². The molecule has 0 unspecified atom stereocenters. The predicted octanol–water partition coefficient (Wildman–Crippen LogP) is 0.452. The summed E-state index contributed by atoms with van der Waals surface area (Å²) in [6.07, 6.45) is -1.72. The van der Waals surface area contributed by atoms with E-state index in [4.69, 9.17) is 4.74 Å². The SMILES string of the molecule is COC(=O)[C@H](CC(=O)ON1C(=O)CCC1=O)NC(=O)OCc1ccccc1. The Bertz CT molecular complexity index is 718. The van der Waals surface area contributed by atoms with Crippen molar-refractivity contribution < 1.29 is 38.3 Å². The van der Waals surface area contributed by atoms with Gasteiger partial charge >= 0.3 is 18.0 Å². The molecule has 0 spiro atoms. The van der Waals surface area contributed by atoms with Crippen molar-refractivity contribution in [3.63, 3.8) is 0 Å². The van der Waals surface area contributed by atoms with Gasteiger partial charge in [0.2, 0.25) is 0 Å². The van der Waals surface area contributed by atoms with E-state index in [2.05, 4.69) is 14.9 Å². The standard InChI is InChI=1S/C17H18N2O8/c1-25-16(23)12(9-15(22)27-19-13(20)7-8-14(19)21)18-17(24)26-10-11-5-3-2-4-6-11/h2-6,12H,7-10H2,1H3,(H,18,24)/t12-/m0/s1. The molecule has 2 rings (SSSR count). The molecule has 0 aliphatic carbocycles. The van der Waals surface area contributed by atoms with Crippen LogP contribution in [0.1, 0.15) is 24.8 Å². The van der Waals surface area contributed by atoms with E-state index in [9.17, 15) is 24.0 Å². The number of nitrogens with one attached hydrogen (secondary N) is 1. The fraction of sp³-hybridized carbons (Fsp3) is 0.353. The predicted molar refractivity (Wildman–Crippen MR) is 87.4 cm³/mol. The normalized spacial score (nSPS) is 14.5. The van der Waals surface area contributed by atoms with Crippen LogP contribution in [0.2, 0.25) is 0 Å². The van der Waals surface area contributed by atoms with E-state index in [1.54, 1.807) is 30.3 Å². The fourth-order valence-electron chi connectivity index (χ4n) is 2.21. The monoisotopic (exact) mass is 378 g/mol. The lowest BCUT2D eigenvalue weighted by molar-refractivity contribution is -0.198. The summed E-state index contributed by atoms with van der Waals surface area (Å²) < 4.78 is 9.50. The molecular formula is C17H18N2O8. The van der Waals surface area contributed by atoms with Crippen molar-refractivity contribution in [1.82, 2.24) is 10.4 Å². The maximum Gasteiger partial charge on any atom is 0.408 e. The number of methoxy groups -OCH3 is 1. The number of benzene rings is 1. The van der Waals surface area contributed by atoms with Crippen molar-refractivity contribution in [2.75, 3.05) is 7.11 Å². The highest BCUT2D eigenvalue weighted by Crippen LogP contribution is 2.13. The van der Waals surface area contributed by atoms with E-state index in [1.165, 1.54) is 0 Å². The maximum atomic E-state index is 11.9. The lowest BCUT2D eigenvalue weighted by Crippen LogP contribution is -2.44. The second kappa shape index (κ2) is 9.32. The number of carbonyl (C=O) groups excluding carboxylic acids is 5. The maximum absolute atomic E-state index is 11.9. The lowest BCUT2D eigenvalue weighted by Gasteiger charge is -2.17.